The fraction of sp³-hybridized carbons (Fsp3) is 0.706. The van der Waals surface area contributed by atoms with Gasteiger partial charge in [0.15, 0.2) is 0 Å². The van der Waals surface area contributed by atoms with Gasteiger partial charge in [-0.25, -0.2) is 0 Å². The number of likely N-dealkylation sites (N-methyl/N-ethyl adjacent to an activating group) is 1. The predicted molar refractivity (Wildman–Crippen MR) is 87.9 cm³/mol. The number of aromatic nitrogens is 1. The molecule has 0 spiro atoms. The first-order valence-corrected chi connectivity index (χ1v) is 8.32. The number of piperidine rings is 1. The highest BCUT2D eigenvalue weighted by Crippen LogP contribution is 2.19. The molecule has 2 aliphatic rings. The molecular weight excluding hydrogens is 260 g/mol. The summed E-state index contributed by atoms with van der Waals surface area (Å²) in [7, 11) is 2.29. The van der Waals surface area contributed by atoms with Crippen molar-refractivity contribution in [2.75, 3.05) is 51.2 Å². The maximum Gasteiger partial charge on any atom is 0.0400 e. The summed E-state index contributed by atoms with van der Waals surface area (Å²) in [5.74, 6) is 0. The first kappa shape index (κ1) is 14.8. The molecule has 2 saturated heterocycles. The minimum atomic E-state index is 0.772. The van der Waals surface area contributed by atoms with Crippen molar-refractivity contribution in [3.05, 3.63) is 24.0 Å². The summed E-state index contributed by atoms with van der Waals surface area (Å²) in [5.41, 5.74) is 2.44. The quantitative estimate of drug-likeness (QED) is 0.848. The lowest BCUT2D eigenvalue weighted by molar-refractivity contribution is 0.125. The summed E-state index contributed by atoms with van der Waals surface area (Å²) < 4.78 is 0. The highest BCUT2D eigenvalue weighted by molar-refractivity contribution is 5.46. The van der Waals surface area contributed by atoms with E-state index in [4.69, 9.17) is 0 Å². The van der Waals surface area contributed by atoms with Crippen LogP contribution in [0, 0.1) is 6.92 Å². The Morgan fingerprint density at radius 2 is 1.95 bits per heavy atom. The lowest BCUT2D eigenvalue weighted by Gasteiger charge is -2.40. The monoisotopic (exact) mass is 288 g/mol. The molecule has 0 radical (unpaired) electrons. The van der Waals surface area contributed by atoms with Crippen molar-refractivity contribution in [3.63, 3.8) is 0 Å². The Kier molecular flexibility index (Phi) is 4.76. The van der Waals surface area contributed by atoms with Crippen molar-refractivity contribution in [3.8, 4) is 0 Å². The van der Waals surface area contributed by atoms with Crippen molar-refractivity contribution in [1.29, 1.82) is 0 Å². The average Bonchev–Trinajstić information content (AvgIpc) is 2.50. The zero-order chi connectivity index (χ0) is 14.7. The van der Waals surface area contributed by atoms with E-state index in [1.807, 2.05) is 6.20 Å². The Morgan fingerprint density at radius 1 is 1.14 bits per heavy atom. The van der Waals surface area contributed by atoms with Gasteiger partial charge in [0.2, 0.25) is 0 Å². The summed E-state index contributed by atoms with van der Waals surface area (Å²) in [6.07, 6.45) is 6.09. The molecule has 1 aromatic rings. The van der Waals surface area contributed by atoms with Crippen LogP contribution in [0.2, 0.25) is 0 Å². The smallest absolute Gasteiger partial charge is 0.0400 e. The molecule has 0 N–H and O–H groups in total. The minimum Gasteiger partial charge on any atom is -0.369 e. The zero-order valence-electron chi connectivity index (χ0n) is 13.5. The van der Waals surface area contributed by atoms with Crippen LogP contribution >= 0.6 is 0 Å². The van der Waals surface area contributed by atoms with Crippen molar-refractivity contribution in [2.24, 2.45) is 0 Å². The molecule has 0 aliphatic carbocycles. The first-order chi connectivity index (χ1) is 10.2. The molecule has 0 bridgehead atoms. The van der Waals surface area contributed by atoms with Crippen LogP contribution in [0.3, 0.4) is 0 Å². The largest absolute Gasteiger partial charge is 0.369 e. The number of anilines is 1. The van der Waals surface area contributed by atoms with E-state index >= 15 is 0 Å². The molecule has 116 valence electrons. The van der Waals surface area contributed by atoms with E-state index in [0.717, 1.165) is 24.8 Å². The zero-order valence-corrected chi connectivity index (χ0v) is 13.5. The molecule has 0 saturated carbocycles. The number of hydrogen-bond acceptors (Lipinski definition) is 4. The van der Waals surface area contributed by atoms with E-state index in [9.17, 15) is 0 Å². The normalized spacial score (nSPS) is 25.2. The summed E-state index contributed by atoms with van der Waals surface area (Å²) in [5, 5.41) is 0. The fourth-order valence-corrected chi connectivity index (χ4v) is 3.59. The fourth-order valence-electron chi connectivity index (χ4n) is 3.59. The molecule has 1 aromatic heterocycles. The second-order valence-electron chi connectivity index (χ2n) is 6.57. The van der Waals surface area contributed by atoms with E-state index in [1.54, 1.807) is 0 Å². The molecule has 0 amide bonds. The van der Waals surface area contributed by atoms with Gasteiger partial charge in [-0.1, -0.05) is 6.42 Å². The Balaban J connectivity index is 1.51. The molecule has 2 aliphatic heterocycles. The third kappa shape index (κ3) is 3.74. The van der Waals surface area contributed by atoms with Crippen LogP contribution in [0.15, 0.2) is 18.3 Å². The second kappa shape index (κ2) is 6.75. The molecular formula is C17H28N4. The summed E-state index contributed by atoms with van der Waals surface area (Å²) in [6, 6.07) is 5.11. The van der Waals surface area contributed by atoms with Crippen LogP contribution in [0.25, 0.3) is 0 Å². The van der Waals surface area contributed by atoms with Crippen molar-refractivity contribution in [1.82, 2.24) is 14.8 Å². The van der Waals surface area contributed by atoms with Crippen LogP contribution in [0.5, 0.6) is 0 Å². The molecule has 3 rings (SSSR count). The molecule has 4 nitrogen and oxygen atoms in total. The van der Waals surface area contributed by atoms with Gasteiger partial charge in [-0.15, -0.1) is 0 Å². The summed E-state index contributed by atoms with van der Waals surface area (Å²) >= 11 is 0. The van der Waals surface area contributed by atoms with E-state index in [2.05, 4.69) is 45.8 Å². The number of nitrogens with zero attached hydrogens (tertiary/aromatic N) is 4. The van der Waals surface area contributed by atoms with E-state index in [1.165, 1.54) is 51.1 Å². The van der Waals surface area contributed by atoms with Gasteiger partial charge in [0.1, 0.15) is 0 Å². The Morgan fingerprint density at radius 3 is 2.67 bits per heavy atom. The van der Waals surface area contributed by atoms with Crippen LogP contribution in [0.1, 0.15) is 25.0 Å². The lowest BCUT2D eigenvalue weighted by atomic mass is 10.0. The summed E-state index contributed by atoms with van der Waals surface area (Å²) in [4.78, 5) is 12.0. The third-order valence-electron chi connectivity index (χ3n) is 5.01. The lowest BCUT2D eigenvalue weighted by Crippen LogP contribution is -2.51. The molecule has 0 aromatic carbocycles. The van der Waals surface area contributed by atoms with Gasteiger partial charge in [0.25, 0.3) is 0 Å². The molecule has 2 fully saturated rings. The summed E-state index contributed by atoms with van der Waals surface area (Å²) in [6.45, 7) is 9.25. The van der Waals surface area contributed by atoms with Gasteiger partial charge < -0.3 is 9.80 Å². The topological polar surface area (TPSA) is 22.6 Å². The van der Waals surface area contributed by atoms with Gasteiger partial charge in [0, 0.05) is 56.3 Å². The highest BCUT2D eigenvalue weighted by atomic mass is 15.3. The Hall–Kier alpha value is -1.13. The molecule has 4 heteroatoms. The van der Waals surface area contributed by atoms with Gasteiger partial charge in [-0.2, -0.15) is 0 Å². The first-order valence-electron chi connectivity index (χ1n) is 8.32. The molecule has 3 heterocycles. The molecule has 1 unspecified atom stereocenters. The van der Waals surface area contributed by atoms with Crippen LogP contribution < -0.4 is 4.90 Å². The third-order valence-corrected chi connectivity index (χ3v) is 5.01. The number of rotatable bonds is 3. The highest BCUT2D eigenvalue weighted by Gasteiger charge is 2.24. The second-order valence-corrected chi connectivity index (χ2v) is 6.57. The number of aryl methyl sites for hydroxylation is 1. The molecule has 1 atom stereocenters. The van der Waals surface area contributed by atoms with E-state index in [-0.39, 0.29) is 0 Å². The SMILES string of the molecule is Cc1cc(N2CCN(CC3CCCCN3C)CC2)ccn1. The predicted octanol–water partition coefficient (Wildman–Crippen LogP) is 2.00. The van der Waals surface area contributed by atoms with Gasteiger partial charge in [-0.3, -0.25) is 9.88 Å². The number of piperazine rings is 1. The van der Waals surface area contributed by atoms with Gasteiger partial charge in [-0.05, 0) is 45.5 Å². The standard InChI is InChI=1S/C17H28N4/c1-15-13-16(6-7-18-15)21-11-9-20(10-12-21)14-17-5-3-4-8-19(17)2/h6-7,13,17H,3-5,8-12,14H2,1-2H3. The van der Waals surface area contributed by atoms with Gasteiger partial charge in [0.05, 0.1) is 0 Å². The molecule has 21 heavy (non-hydrogen) atoms. The average molecular weight is 288 g/mol. The van der Waals surface area contributed by atoms with Crippen molar-refractivity contribution < 1.29 is 0 Å². The van der Waals surface area contributed by atoms with Crippen LogP contribution in [-0.4, -0.2) is 67.1 Å². The van der Waals surface area contributed by atoms with E-state index < -0.39 is 0 Å². The number of pyridine rings is 1. The number of likely N-dealkylation sites (tertiary alicyclic amines) is 1. The Bertz CT molecular complexity index is 454. The van der Waals surface area contributed by atoms with Crippen LogP contribution in [-0.2, 0) is 0 Å². The van der Waals surface area contributed by atoms with Crippen LogP contribution in [0.4, 0.5) is 5.69 Å². The Labute approximate surface area is 128 Å². The maximum atomic E-state index is 4.29. The maximum absolute atomic E-state index is 4.29. The number of hydrogen-bond donors (Lipinski definition) is 0. The van der Waals surface area contributed by atoms with Crippen molar-refractivity contribution >= 4 is 5.69 Å². The van der Waals surface area contributed by atoms with Gasteiger partial charge >= 0.3 is 0 Å². The van der Waals surface area contributed by atoms with Crippen molar-refractivity contribution in [2.45, 2.75) is 32.2 Å². The van der Waals surface area contributed by atoms with E-state index in [0.29, 0.717) is 0 Å². The minimum absolute atomic E-state index is 0.772.